The monoisotopic (exact) mass is 433 g/mol. The van der Waals surface area contributed by atoms with Gasteiger partial charge in [-0.05, 0) is 23.6 Å². The van der Waals surface area contributed by atoms with Crippen molar-refractivity contribution in [2.24, 2.45) is 4.99 Å². The van der Waals surface area contributed by atoms with Crippen molar-refractivity contribution in [3.8, 4) is 0 Å². The first-order valence-corrected chi connectivity index (χ1v) is 9.62. The Bertz CT molecular complexity index is 1080. The molecule has 1 aromatic carbocycles. The lowest BCUT2D eigenvalue weighted by Crippen LogP contribution is -2.63. The lowest BCUT2D eigenvalue weighted by atomic mass is 10.1. The molecular formula is C20H14F3N3O3S. The smallest absolute Gasteiger partial charge is 0.442 e. The Morgan fingerprint density at radius 2 is 1.90 bits per heavy atom. The van der Waals surface area contributed by atoms with Crippen molar-refractivity contribution >= 4 is 29.0 Å². The van der Waals surface area contributed by atoms with Crippen LogP contribution in [0, 0.1) is 0 Å². The standard InChI is InChI=1S/C20H14F3N3O3S/c21-20(22,23)19(25-17(27)15-9-5-11-30-15)18(28)26(12-14-8-4-10-29-14)16(24-19)13-6-2-1-3-7-13/h1-11H,12H2,(H,25,27). The number of hydrogen-bond acceptors (Lipinski definition) is 5. The van der Waals surface area contributed by atoms with E-state index in [-0.39, 0.29) is 23.0 Å². The highest BCUT2D eigenvalue weighted by Gasteiger charge is 2.67. The Morgan fingerprint density at radius 3 is 2.50 bits per heavy atom. The fourth-order valence-electron chi connectivity index (χ4n) is 3.04. The molecule has 0 fully saturated rings. The maximum absolute atomic E-state index is 14.2. The van der Waals surface area contributed by atoms with Gasteiger partial charge in [0, 0.05) is 5.56 Å². The summed E-state index contributed by atoms with van der Waals surface area (Å²) in [7, 11) is 0. The van der Waals surface area contributed by atoms with Gasteiger partial charge in [0.15, 0.2) is 0 Å². The van der Waals surface area contributed by atoms with E-state index in [0.29, 0.717) is 5.56 Å². The van der Waals surface area contributed by atoms with Gasteiger partial charge in [-0.1, -0.05) is 36.4 Å². The van der Waals surface area contributed by atoms with Gasteiger partial charge in [0.05, 0.1) is 17.7 Å². The van der Waals surface area contributed by atoms with Gasteiger partial charge in [0.1, 0.15) is 11.6 Å². The van der Waals surface area contributed by atoms with Crippen LogP contribution >= 0.6 is 11.3 Å². The second-order valence-corrected chi connectivity index (χ2v) is 7.36. The molecule has 6 nitrogen and oxygen atoms in total. The molecule has 3 aromatic rings. The number of carbonyl (C=O) groups is 2. The van der Waals surface area contributed by atoms with E-state index < -0.39 is 23.7 Å². The Morgan fingerprint density at radius 1 is 1.13 bits per heavy atom. The topological polar surface area (TPSA) is 74.9 Å². The van der Waals surface area contributed by atoms with E-state index in [4.69, 9.17) is 4.42 Å². The first kappa shape index (κ1) is 19.9. The summed E-state index contributed by atoms with van der Waals surface area (Å²) in [6, 6.07) is 14.0. The normalized spacial score (nSPS) is 19.1. The minimum Gasteiger partial charge on any atom is -0.467 e. The minimum atomic E-state index is -5.17. The van der Waals surface area contributed by atoms with Crippen LogP contribution in [0.15, 0.2) is 75.7 Å². The summed E-state index contributed by atoms with van der Waals surface area (Å²) in [5.74, 6) is -2.38. The molecule has 10 heteroatoms. The van der Waals surface area contributed by atoms with Gasteiger partial charge in [-0.2, -0.15) is 13.2 Å². The summed E-state index contributed by atoms with van der Waals surface area (Å²) in [4.78, 5) is 30.3. The van der Waals surface area contributed by atoms with Crippen LogP contribution < -0.4 is 5.32 Å². The summed E-state index contributed by atoms with van der Waals surface area (Å²) in [6.07, 6.45) is -3.82. The quantitative estimate of drug-likeness (QED) is 0.665. The van der Waals surface area contributed by atoms with Crippen LogP contribution in [0.2, 0.25) is 0 Å². The Hall–Kier alpha value is -3.40. The average Bonchev–Trinajstić information content (AvgIpc) is 3.46. The molecule has 0 radical (unpaired) electrons. The zero-order valence-corrected chi connectivity index (χ0v) is 16.0. The molecule has 3 heterocycles. The van der Waals surface area contributed by atoms with Crippen LogP contribution in [-0.4, -0.2) is 34.4 Å². The predicted octanol–water partition coefficient (Wildman–Crippen LogP) is 3.82. The summed E-state index contributed by atoms with van der Waals surface area (Å²) < 4.78 is 47.9. The maximum Gasteiger partial charge on any atom is 0.442 e. The summed E-state index contributed by atoms with van der Waals surface area (Å²) >= 11 is 0.959. The average molecular weight is 433 g/mol. The number of amidine groups is 1. The molecule has 1 unspecified atom stereocenters. The summed E-state index contributed by atoms with van der Waals surface area (Å²) in [5.41, 5.74) is -3.14. The van der Waals surface area contributed by atoms with E-state index in [0.717, 1.165) is 16.2 Å². The molecule has 0 aliphatic carbocycles. The number of furan rings is 1. The van der Waals surface area contributed by atoms with E-state index in [1.54, 1.807) is 29.6 Å². The van der Waals surface area contributed by atoms with Crippen molar-refractivity contribution in [1.29, 1.82) is 0 Å². The number of nitrogens with one attached hydrogen (secondary N) is 1. The highest BCUT2D eigenvalue weighted by atomic mass is 32.1. The third kappa shape index (κ3) is 3.39. The van der Waals surface area contributed by atoms with E-state index in [9.17, 15) is 22.8 Å². The summed E-state index contributed by atoms with van der Waals surface area (Å²) in [6.45, 7) is -0.272. The SMILES string of the molecule is O=C(NC1(C(F)(F)F)N=C(c2ccccc2)N(Cc2ccco2)C1=O)c1cccs1. The Labute approximate surface area is 172 Å². The molecular weight excluding hydrogens is 419 g/mol. The van der Waals surface area contributed by atoms with Crippen molar-refractivity contribution in [3.63, 3.8) is 0 Å². The van der Waals surface area contributed by atoms with Crippen LogP contribution in [0.5, 0.6) is 0 Å². The molecule has 30 heavy (non-hydrogen) atoms. The van der Waals surface area contributed by atoms with E-state index in [1.807, 2.05) is 5.32 Å². The number of benzene rings is 1. The number of amides is 2. The van der Waals surface area contributed by atoms with Crippen LogP contribution in [0.4, 0.5) is 13.2 Å². The molecule has 0 saturated heterocycles. The molecule has 1 aliphatic rings. The van der Waals surface area contributed by atoms with Gasteiger partial charge in [0.25, 0.3) is 11.8 Å². The van der Waals surface area contributed by atoms with Gasteiger partial charge in [0.2, 0.25) is 0 Å². The zero-order valence-electron chi connectivity index (χ0n) is 15.2. The van der Waals surface area contributed by atoms with Gasteiger partial charge in [-0.3, -0.25) is 14.5 Å². The lowest BCUT2D eigenvalue weighted by molar-refractivity contribution is -0.196. The maximum atomic E-state index is 14.2. The van der Waals surface area contributed by atoms with Gasteiger partial charge in [-0.15, -0.1) is 11.3 Å². The van der Waals surface area contributed by atoms with Gasteiger partial charge >= 0.3 is 11.8 Å². The first-order valence-electron chi connectivity index (χ1n) is 8.74. The fraction of sp³-hybridized carbons (Fsp3) is 0.150. The van der Waals surface area contributed by atoms with Gasteiger partial charge < -0.3 is 9.73 Å². The van der Waals surface area contributed by atoms with Crippen molar-refractivity contribution in [1.82, 2.24) is 10.2 Å². The number of thiophene rings is 1. The largest absolute Gasteiger partial charge is 0.467 e. The van der Waals surface area contributed by atoms with E-state index in [1.165, 1.54) is 36.6 Å². The summed E-state index contributed by atoms with van der Waals surface area (Å²) in [5, 5.41) is 3.38. The van der Waals surface area contributed by atoms with E-state index >= 15 is 0 Å². The van der Waals surface area contributed by atoms with Crippen LogP contribution in [0.25, 0.3) is 0 Å². The number of nitrogens with zero attached hydrogens (tertiary/aromatic N) is 2. The van der Waals surface area contributed by atoms with Crippen molar-refractivity contribution in [3.05, 3.63) is 82.4 Å². The number of hydrogen-bond donors (Lipinski definition) is 1. The number of aliphatic imine (C=N–C) groups is 1. The molecule has 0 spiro atoms. The van der Waals surface area contributed by atoms with Gasteiger partial charge in [-0.25, -0.2) is 4.99 Å². The van der Waals surface area contributed by atoms with Crippen LogP contribution in [0.3, 0.4) is 0 Å². The molecule has 0 bridgehead atoms. The molecule has 0 saturated carbocycles. The highest BCUT2D eigenvalue weighted by molar-refractivity contribution is 7.12. The molecule has 4 rings (SSSR count). The minimum absolute atomic E-state index is 0.0346. The predicted molar refractivity (Wildman–Crippen MR) is 103 cm³/mol. The van der Waals surface area contributed by atoms with Crippen LogP contribution in [0.1, 0.15) is 21.0 Å². The molecule has 1 atom stereocenters. The zero-order chi connectivity index (χ0) is 21.4. The number of halogens is 3. The third-order valence-corrected chi connectivity index (χ3v) is 5.33. The Balaban J connectivity index is 1.81. The van der Waals surface area contributed by atoms with Crippen molar-refractivity contribution in [2.45, 2.75) is 18.4 Å². The first-order chi connectivity index (χ1) is 14.3. The van der Waals surface area contributed by atoms with Crippen molar-refractivity contribution < 1.29 is 27.2 Å². The van der Waals surface area contributed by atoms with Crippen molar-refractivity contribution in [2.75, 3.05) is 0 Å². The molecule has 1 N–H and O–H groups in total. The van der Waals surface area contributed by atoms with Crippen LogP contribution in [-0.2, 0) is 11.3 Å². The molecule has 1 aliphatic heterocycles. The fourth-order valence-corrected chi connectivity index (χ4v) is 3.66. The molecule has 2 aromatic heterocycles. The molecule has 2 amide bonds. The molecule has 154 valence electrons. The number of carbonyl (C=O) groups excluding carboxylic acids is 2. The number of rotatable bonds is 5. The Kier molecular flexibility index (Phi) is 4.94. The highest BCUT2D eigenvalue weighted by Crippen LogP contribution is 2.39. The second-order valence-electron chi connectivity index (χ2n) is 6.41. The third-order valence-electron chi connectivity index (χ3n) is 4.46. The van der Waals surface area contributed by atoms with E-state index in [2.05, 4.69) is 4.99 Å². The number of alkyl halides is 3. The lowest BCUT2D eigenvalue weighted by Gasteiger charge is -2.28. The second kappa shape index (κ2) is 7.45.